The van der Waals surface area contributed by atoms with Gasteiger partial charge < -0.3 is 25.1 Å². The van der Waals surface area contributed by atoms with E-state index < -0.39 is 17.9 Å². The number of amides is 1. The number of aromatic nitrogens is 2. The monoisotopic (exact) mass is 503 g/mol. The van der Waals surface area contributed by atoms with Crippen molar-refractivity contribution in [3.8, 4) is 11.5 Å². The molecule has 2 aromatic heterocycles. The molecule has 1 fully saturated rings. The maximum Gasteiger partial charge on any atom is 0.326 e. The first-order chi connectivity index (χ1) is 18.0. The Hall–Kier alpha value is -3.72. The van der Waals surface area contributed by atoms with E-state index in [9.17, 15) is 14.7 Å². The van der Waals surface area contributed by atoms with Gasteiger partial charge in [0, 0.05) is 36.5 Å². The quantitative estimate of drug-likeness (QED) is 0.384. The molecule has 0 unspecified atom stereocenters. The number of nitrogens with zero attached hydrogens (tertiary/aromatic N) is 3. The number of likely N-dealkylation sites (tertiary alicyclic amines) is 1. The highest BCUT2D eigenvalue weighted by Gasteiger charge is 2.26. The van der Waals surface area contributed by atoms with Crippen LogP contribution in [0.2, 0.25) is 0 Å². The van der Waals surface area contributed by atoms with Crippen LogP contribution < -0.4 is 10.6 Å². The molecule has 1 amide bonds. The summed E-state index contributed by atoms with van der Waals surface area (Å²) in [6, 6.07) is 10.2. The van der Waals surface area contributed by atoms with Crippen molar-refractivity contribution in [1.82, 2.24) is 20.2 Å². The first-order valence-electron chi connectivity index (χ1n) is 13.0. The predicted molar refractivity (Wildman–Crippen MR) is 139 cm³/mol. The number of fused-ring (bicyclic) bond motifs is 1. The molecule has 2 aliphatic rings. The van der Waals surface area contributed by atoms with Gasteiger partial charge in [0.25, 0.3) is 5.91 Å². The first-order valence-corrected chi connectivity index (χ1v) is 13.0. The van der Waals surface area contributed by atoms with Crippen LogP contribution in [0.4, 0.5) is 5.82 Å². The minimum Gasteiger partial charge on any atom is -0.480 e. The fraction of sp³-hybridized carbons (Fsp3) is 0.429. The Kier molecular flexibility index (Phi) is 7.79. The second kappa shape index (κ2) is 11.6. The molecule has 3 aromatic rings. The lowest BCUT2D eigenvalue weighted by Crippen LogP contribution is -2.43. The minimum absolute atomic E-state index is 0.352. The Labute approximate surface area is 216 Å². The third-order valence-corrected chi connectivity index (χ3v) is 7.27. The number of pyridine rings is 1. The molecule has 9 heteroatoms. The summed E-state index contributed by atoms with van der Waals surface area (Å²) < 4.78 is 5.29. The van der Waals surface area contributed by atoms with E-state index in [4.69, 9.17) is 9.40 Å². The van der Waals surface area contributed by atoms with Crippen LogP contribution in [0, 0.1) is 5.92 Å². The van der Waals surface area contributed by atoms with E-state index >= 15 is 0 Å². The van der Waals surface area contributed by atoms with Crippen molar-refractivity contribution in [2.24, 2.45) is 5.92 Å². The summed E-state index contributed by atoms with van der Waals surface area (Å²) >= 11 is 0. The zero-order chi connectivity index (χ0) is 25.6. The van der Waals surface area contributed by atoms with Crippen LogP contribution in [-0.4, -0.2) is 64.1 Å². The number of aryl methyl sites for hydroxylation is 2. The lowest BCUT2D eigenvalue weighted by molar-refractivity contribution is -0.139. The third kappa shape index (κ3) is 6.35. The number of benzene rings is 1. The lowest BCUT2D eigenvalue weighted by Gasteiger charge is -2.20. The summed E-state index contributed by atoms with van der Waals surface area (Å²) in [6.45, 7) is 3.52. The Bertz CT molecular complexity index is 1230. The predicted octanol–water partition coefficient (Wildman–Crippen LogP) is 3.62. The van der Waals surface area contributed by atoms with E-state index in [0.717, 1.165) is 63.3 Å². The van der Waals surface area contributed by atoms with E-state index in [1.807, 2.05) is 0 Å². The summed E-state index contributed by atoms with van der Waals surface area (Å²) in [6.07, 6.45) is 8.73. The molecule has 5 rings (SSSR count). The maximum absolute atomic E-state index is 12.8. The van der Waals surface area contributed by atoms with Crippen LogP contribution in [0.15, 0.2) is 53.3 Å². The largest absolute Gasteiger partial charge is 0.480 e. The van der Waals surface area contributed by atoms with Crippen molar-refractivity contribution in [3.05, 3.63) is 65.7 Å². The van der Waals surface area contributed by atoms with Gasteiger partial charge >= 0.3 is 5.97 Å². The Morgan fingerprint density at radius 1 is 1.27 bits per heavy atom. The Morgan fingerprint density at radius 3 is 3.03 bits per heavy atom. The highest BCUT2D eigenvalue weighted by atomic mass is 16.4. The highest BCUT2D eigenvalue weighted by molar-refractivity contribution is 5.97. The number of carboxylic acid groups (broad SMARTS) is 1. The van der Waals surface area contributed by atoms with Crippen LogP contribution in [0.1, 0.15) is 47.3 Å². The Morgan fingerprint density at radius 2 is 2.19 bits per heavy atom. The standard InChI is InChI=1S/C28H33N5O4/c34-26(21-3-1-4-22(17-21)27-30-13-16-37-27)32-24(28(35)36)11-15-33-14-10-19(18-33)6-8-23-9-7-20-5-2-12-29-25(20)31-23/h1,3-4,7,9,13,16-17,19,24H,2,5-6,8,10-12,14-15,18H2,(H,29,31)(H,32,34)(H,35,36)/t19-,24-/m1/s1. The number of carbonyl (C=O) groups is 2. The summed E-state index contributed by atoms with van der Waals surface area (Å²) in [5.74, 6) is 0.573. The SMILES string of the molecule is O=C(N[C@H](CCN1CC[C@@H](CCc2ccc3c(n2)NCCC3)C1)C(=O)O)c1cccc(-c2ncco2)c1. The van der Waals surface area contributed by atoms with Crippen molar-refractivity contribution in [1.29, 1.82) is 0 Å². The van der Waals surface area contributed by atoms with E-state index in [-0.39, 0.29) is 0 Å². The van der Waals surface area contributed by atoms with E-state index in [1.54, 1.807) is 24.3 Å². The van der Waals surface area contributed by atoms with E-state index in [2.05, 4.69) is 32.7 Å². The average molecular weight is 504 g/mol. The van der Waals surface area contributed by atoms with Gasteiger partial charge in [0.15, 0.2) is 0 Å². The molecule has 1 saturated heterocycles. The van der Waals surface area contributed by atoms with Crippen molar-refractivity contribution in [3.63, 3.8) is 0 Å². The molecule has 9 nitrogen and oxygen atoms in total. The fourth-order valence-electron chi connectivity index (χ4n) is 5.18. The molecular weight excluding hydrogens is 470 g/mol. The molecule has 37 heavy (non-hydrogen) atoms. The van der Waals surface area contributed by atoms with Gasteiger partial charge in [0.1, 0.15) is 18.1 Å². The first kappa shape index (κ1) is 25.0. The third-order valence-electron chi connectivity index (χ3n) is 7.27. The van der Waals surface area contributed by atoms with Gasteiger partial charge in [-0.2, -0.15) is 0 Å². The van der Waals surface area contributed by atoms with Crippen LogP contribution in [-0.2, 0) is 17.6 Å². The average Bonchev–Trinajstić information content (AvgIpc) is 3.62. The molecule has 0 spiro atoms. The van der Waals surface area contributed by atoms with Gasteiger partial charge in [-0.05, 0) is 80.8 Å². The number of aliphatic carboxylic acids is 1. The maximum atomic E-state index is 12.8. The molecular formula is C28H33N5O4. The van der Waals surface area contributed by atoms with Crippen LogP contribution in [0.3, 0.4) is 0 Å². The van der Waals surface area contributed by atoms with Crippen molar-refractivity contribution in [2.45, 2.75) is 44.6 Å². The number of hydrogen-bond donors (Lipinski definition) is 3. The summed E-state index contributed by atoms with van der Waals surface area (Å²) in [5.41, 5.74) is 3.47. The number of anilines is 1. The summed E-state index contributed by atoms with van der Waals surface area (Å²) in [5, 5.41) is 15.8. The minimum atomic E-state index is -1.03. The zero-order valence-electron chi connectivity index (χ0n) is 20.9. The molecule has 3 N–H and O–H groups in total. The topological polar surface area (TPSA) is 121 Å². The molecule has 2 atom stereocenters. The molecule has 4 heterocycles. The fourth-order valence-corrected chi connectivity index (χ4v) is 5.18. The van der Waals surface area contributed by atoms with Crippen LogP contribution in [0.25, 0.3) is 11.5 Å². The van der Waals surface area contributed by atoms with Gasteiger partial charge in [-0.15, -0.1) is 0 Å². The number of carboxylic acids is 1. The van der Waals surface area contributed by atoms with Gasteiger partial charge in [0.05, 0.1) is 6.20 Å². The zero-order valence-corrected chi connectivity index (χ0v) is 20.9. The van der Waals surface area contributed by atoms with Crippen LogP contribution in [0.5, 0.6) is 0 Å². The Balaban J connectivity index is 1.09. The number of oxazole rings is 1. The second-order valence-corrected chi connectivity index (χ2v) is 9.91. The molecule has 194 valence electrons. The molecule has 0 radical (unpaired) electrons. The normalized spacial score (nSPS) is 18.1. The smallest absolute Gasteiger partial charge is 0.326 e. The second-order valence-electron chi connectivity index (χ2n) is 9.91. The molecule has 0 aliphatic carbocycles. The number of hydrogen-bond acceptors (Lipinski definition) is 7. The molecule has 1 aromatic carbocycles. The van der Waals surface area contributed by atoms with Gasteiger partial charge in [-0.1, -0.05) is 12.1 Å². The van der Waals surface area contributed by atoms with Crippen LogP contribution >= 0.6 is 0 Å². The van der Waals surface area contributed by atoms with E-state index in [1.165, 1.54) is 18.0 Å². The summed E-state index contributed by atoms with van der Waals surface area (Å²) in [4.78, 5) is 35.9. The highest BCUT2D eigenvalue weighted by Crippen LogP contribution is 2.24. The van der Waals surface area contributed by atoms with E-state index in [0.29, 0.717) is 35.9 Å². The number of nitrogens with one attached hydrogen (secondary N) is 2. The summed E-state index contributed by atoms with van der Waals surface area (Å²) in [7, 11) is 0. The molecule has 0 bridgehead atoms. The van der Waals surface area contributed by atoms with Gasteiger partial charge in [0.2, 0.25) is 5.89 Å². The number of carbonyl (C=O) groups excluding carboxylic acids is 1. The van der Waals surface area contributed by atoms with Gasteiger partial charge in [-0.3, -0.25) is 4.79 Å². The van der Waals surface area contributed by atoms with Gasteiger partial charge in [-0.25, -0.2) is 14.8 Å². The molecule has 2 aliphatic heterocycles. The van der Waals surface area contributed by atoms with Crippen molar-refractivity contribution < 1.29 is 19.1 Å². The van der Waals surface area contributed by atoms with Crippen molar-refractivity contribution >= 4 is 17.7 Å². The number of rotatable bonds is 10. The van der Waals surface area contributed by atoms with Crippen molar-refractivity contribution in [2.75, 3.05) is 31.5 Å². The molecule has 0 saturated carbocycles. The lowest BCUT2D eigenvalue weighted by atomic mass is 10.00.